The fourth-order valence-electron chi connectivity index (χ4n) is 4.34. The maximum atomic E-state index is 13.2. The first kappa shape index (κ1) is 16.0. The van der Waals surface area contributed by atoms with Crippen LogP contribution in [0.25, 0.3) is 10.9 Å². The van der Waals surface area contributed by atoms with Crippen molar-refractivity contribution >= 4 is 22.8 Å². The zero-order valence-electron chi connectivity index (χ0n) is 14.8. The number of fused-ring (bicyclic) bond motifs is 3. The molecular weight excluding hydrogens is 316 g/mol. The first-order chi connectivity index (χ1) is 12.1. The molecule has 0 radical (unpaired) electrons. The minimum atomic E-state index is -0.0280. The number of likely N-dealkylation sites (tertiary alicyclic amines) is 1. The number of benzene rings is 1. The Balaban J connectivity index is 1.59. The molecule has 0 atom stereocenters. The lowest BCUT2D eigenvalue weighted by Crippen LogP contribution is -2.52. The van der Waals surface area contributed by atoms with Crippen molar-refractivity contribution in [2.24, 2.45) is 7.05 Å². The first-order valence-corrected chi connectivity index (χ1v) is 8.95. The van der Waals surface area contributed by atoms with Crippen LogP contribution in [0.5, 0.6) is 0 Å². The van der Waals surface area contributed by atoms with Crippen LogP contribution in [-0.2, 0) is 13.5 Å². The van der Waals surface area contributed by atoms with Crippen molar-refractivity contribution in [3.05, 3.63) is 35.5 Å². The summed E-state index contributed by atoms with van der Waals surface area (Å²) in [6.07, 6.45) is 2.58. The van der Waals surface area contributed by atoms with Crippen molar-refractivity contribution in [3.8, 4) is 0 Å². The van der Waals surface area contributed by atoms with Gasteiger partial charge in [-0.3, -0.25) is 4.79 Å². The summed E-state index contributed by atoms with van der Waals surface area (Å²) >= 11 is 0. The van der Waals surface area contributed by atoms with Crippen LogP contribution >= 0.6 is 0 Å². The highest BCUT2D eigenvalue weighted by molar-refractivity contribution is 6.09. The van der Waals surface area contributed by atoms with Crippen molar-refractivity contribution in [1.29, 1.82) is 0 Å². The number of piperidine rings is 1. The molecule has 1 saturated heterocycles. The zero-order valence-corrected chi connectivity index (χ0v) is 14.8. The summed E-state index contributed by atoms with van der Waals surface area (Å²) in [5.74, 6) is 0.149. The van der Waals surface area contributed by atoms with E-state index in [0.29, 0.717) is 13.1 Å². The molecule has 132 valence electrons. The van der Waals surface area contributed by atoms with Gasteiger partial charge < -0.3 is 19.7 Å². The van der Waals surface area contributed by atoms with E-state index in [4.69, 9.17) is 0 Å². The van der Waals surface area contributed by atoms with E-state index in [1.54, 1.807) is 7.05 Å². The van der Waals surface area contributed by atoms with E-state index >= 15 is 0 Å². The van der Waals surface area contributed by atoms with Crippen LogP contribution in [-0.4, -0.2) is 59.0 Å². The van der Waals surface area contributed by atoms with E-state index in [1.165, 1.54) is 0 Å². The molecule has 1 N–H and O–H groups in total. The lowest BCUT2D eigenvalue weighted by molar-refractivity contribution is 0.0578. The molecule has 0 aliphatic carbocycles. The summed E-state index contributed by atoms with van der Waals surface area (Å²) < 4.78 is 2.16. The van der Waals surface area contributed by atoms with Gasteiger partial charge in [0.2, 0.25) is 0 Å². The predicted molar refractivity (Wildman–Crippen MR) is 96.7 cm³/mol. The van der Waals surface area contributed by atoms with Crippen LogP contribution in [0, 0.1) is 0 Å². The number of hydrogen-bond acceptors (Lipinski definition) is 2. The Hall–Kier alpha value is -2.50. The van der Waals surface area contributed by atoms with Gasteiger partial charge in [0.1, 0.15) is 0 Å². The highest BCUT2D eigenvalue weighted by Gasteiger charge is 2.35. The molecule has 4 rings (SSSR count). The van der Waals surface area contributed by atoms with Crippen molar-refractivity contribution in [1.82, 2.24) is 19.7 Å². The normalized spacial score (nSPS) is 18.6. The average molecular weight is 340 g/mol. The number of rotatable bonds is 1. The van der Waals surface area contributed by atoms with E-state index in [9.17, 15) is 9.59 Å². The number of hydrogen-bond donors (Lipinski definition) is 1. The Morgan fingerprint density at radius 1 is 1.16 bits per heavy atom. The number of urea groups is 1. The lowest BCUT2D eigenvalue weighted by Gasteiger charge is -2.40. The maximum Gasteiger partial charge on any atom is 0.317 e. The van der Waals surface area contributed by atoms with Gasteiger partial charge in [-0.1, -0.05) is 18.2 Å². The molecule has 6 heteroatoms. The Morgan fingerprint density at radius 2 is 1.88 bits per heavy atom. The van der Waals surface area contributed by atoms with Gasteiger partial charge in [0.15, 0.2) is 0 Å². The maximum absolute atomic E-state index is 13.2. The van der Waals surface area contributed by atoms with Gasteiger partial charge in [0, 0.05) is 62.8 Å². The molecule has 0 saturated carbocycles. The van der Waals surface area contributed by atoms with Crippen molar-refractivity contribution in [3.63, 3.8) is 0 Å². The minimum absolute atomic E-state index is 0.0280. The molecule has 1 aromatic carbocycles. The van der Waals surface area contributed by atoms with Gasteiger partial charge in [-0.05, 0) is 18.9 Å². The van der Waals surface area contributed by atoms with Gasteiger partial charge >= 0.3 is 6.03 Å². The monoisotopic (exact) mass is 340 g/mol. The molecule has 25 heavy (non-hydrogen) atoms. The van der Waals surface area contributed by atoms with E-state index in [0.717, 1.165) is 48.0 Å². The van der Waals surface area contributed by atoms with Crippen LogP contribution in [0.3, 0.4) is 0 Å². The summed E-state index contributed by atoms with van der Waals surface area (Å²) in [5, 5.41) is 3.73. The zero-order chi connectivity index (χ0) is 17.6. The fraction of sp³-hybridized carbons (Fsp3) is 0.474. The molecule has 1 fully saturated rings. The van der Waals surface area contributed by atoms with Crippen LogP contribution in [0.1, 0.15) is 28.9 Å². The molecule has 6 nitrogen and oxygen atoms in total. The number of para-hydroxylation sites is 1. The Kier molecular flexibility index (Phi) is 3.90. The molecule has 2 aliphatic heterocycles. The summed E-state index contributed by atoms with van der Waals surface area (Å²) in [7, 11) is 3.70. The van der Waals surface area contributed by atoms with E-state index in [1.807, 2.05) is 35.0 Å². The molecule has 0 bridgehead atoms. The third-order valence-corrected chi connectivity index (χ3v) is 5.70. The summed E-state index contributed by atoms with van der Waals surface area (Å²) in [5.41, 5.74) is 3.14. The molecule has 1 aromatic heterocycles. The number of aromatic nitrogens is 1. The number of nitrogens with zero attached hydrogens (tertiary/aromatic N) is 3. The van der Waals surface area contributed by atoms with Gasteiger partial charge in [0.05, 0.1) is 5.56 Å². The topological polar surface area (TPSA) is 57.6 Å². The largest absolute Gasteiger partial charge is 0.347 e. The number of carbonyl (C=O) groups is 2. The average Bonchev–Trinajstić information content (AvgIpc) is 2.95. The second-order valence-electron chi connectivity index (χ2n) is 6.92. The van der Waals surface area contributed by atoms with Crippen LogP contribution in [0.15, 0.2) is 24.3 Å². The van der Waals surface area contributed by atoms with E-state index in [-0.39, 0.29) is 18.0 Å². The summed E-state index contributed by atoms with van der Waals surface area (Å²) in [6, 6.07) is 8.33. The molecule has 0 spiro atoms. The quantitative estimate of drug-likeness (QED) is 0.863. The minimum Gasteiger partial charge on any atom is -0.347 e. The molecule has 2 aromatic rings. The second kappa shape index (κ2) is 6.10. The fourth-order valence-corrected chi connectivity index (χ4v) is 4.34. The molecule has 3 amide bonds. The smallest absolute Gasteiger partial charge is 0.317 e. The van der Waals surface area contributed by atoms with Crippen LogP contribution in [0.2, 0.25) is 0 Å². The van der Waals surface area contributed by atoms with Crippen molar-refractivity contribution in [2.45, 2.75) is 25.3 Å². The van der Waals surface area contributed by atoms with Crippen molar-refractivity contribution in [2.75, 3.05) is 26.7 Å². The lowest BCUT2D eigenvalue weighted by atomic mass is 9.97. The van der Waals surface area contributed by atoms with Gasteiger partial charge in [-0.2, -0.15) is 0 Å². The Bertz CT molecular complexity index is 833. The van der Waals surface area contributed by atoms with E-state index < -0.39 is 0 Å². The third-order valence-electron chi connectivity index (χ3n) is 5.70. The third kappa shape index (κ3) is 2.47. The summed E-state index contributed by atoms with van der Waals surface area (Å²) in [4.78, 5) is 28.9. The van der Waals surface area contributed by atoms with Gasteiger partial charge in [-0.15, -0.1) is 0 Å². The molecule has 2 aliphatic rings. The molecular formula is C19H24N4O2. The standard InChI is InChI=1S/C19H24N4O2/c1-20-19(25)22-10-7-13(8-11-22)23-12-9-16-17(18(23)24)14-5-3-4-6-15(14)21(16)2/h3-6,13H,7-12H2,1-2H3,(H,20,25). The highest BCUT2D eigenvalue weighted by Crippen LogP contribution is 2.32. The number of nitrogens with one attached hydrogen (secondary N) is 1. The summed E-state index contributed by atoms with van der Waals surface area (Å²) in [6.45, 7) is 2.17. The number of amides is 3. The van der Waals surface area contributed by atoms with Crippen molar-refractivity contribution < 1.29 is 9.59 Å². The van der Waals surface area contributed by atoms with E-state index in [2.05, 4.69) is 16.0 Å². The number of carbonyl (C=O) groups excluding carboxylic acids is 2. The highest BCUT2D eigenvalue weighted by atomic mass is 16.2. The van der Waals surface area contributed by atoms with Crippen LogP contribution < -0.4 is 5.32 Å². The first-order valence-electron chi connectivity index (χ1n) is 8.95. The number of aryl methyl sites for hydroxylation is 1. The van der Waals surface area contributed by atoms with Crippen LogP contribution in [0.4, 0.5) is 4.79 Å². The second-order valence-corrected chi connectivity index (χ2v) is 6.92. The molecule has 0 unspecified atom stereocenters. The Morgan fingerprint density at radius 3 is 2.60 bits per heavy atom. The van der Waals surface area contributed by atoms with Gasteiger partial charge in [-0.25, -0.2) is 4.79 Å². The predicted octanol–water partition coefficient (Wildman–Crippen LogP) is 1.98. The molecule has 3 heterocycles. The SMILES string of the molecule is CNC(=O)N1CCC(N2CCc3c(c4ccccc4n3C)C2=O)CC1. The Labute approximate surface area is 147 Å². The van der Waals surface area contributed by atoms with Gasteiger partial charge in [0.25, 0.3) is 5.91 Å².